The highest BCUT2D eigenvalue weighted by Gasteiger charge is 2.32. The third kappa shape index (κ3) is 2.07. The molecule has 1 aromatic carbocycles. The summed E-state index contributed by atoms with van der Waals surface area (Å²) in [5, 5.41) is 3.61. The average Bonchev–Trinajstić information content (AvgIpc) is 2.71. The Morgan fingerprint density at radius 2 is 1.87 bits per heavy atom. The maximum Gasteiger partial charge on any atom is 0.0159 e. The van der Waals surface area contributed by atoms with Gasteiger partial charge in [0.25, 0.3) is 0 Å². The molecule has 0 bridgehead atoms. The van der Waals surface area contributed by atoms with Crippen LogP contribution in [-0.4, -0.2) is 12.6 Å². The Labute approximate surface area is 92.9 Å². The molecule has 0 aromatic heterocycles. The van der Waals surface area contributed by atoms with E-state index in [1.807, 2.05) is 0 Å². The largest absolute Gasteiger partial charge is 0.313 e. The van der Waals surface area contributed by atoms with E-state index in [4.69, 9.17) is 0 Å². The fourth-order valence-electron chi connectivity index (χ4n) is 2.48. The molecule has 0 saturated carbocycles. The van der Waals surface area contributed by atoms with Crippen LogP contribution in [0.3, 0.4) is 0 Å². The van der Waals surface area contributed by atoms with Crippen LogP contribution >= 0.6 is 0 Å². The van der Waals surface area contributed by atoms with Gasteiger partial charge in [-0.15, -0.1) is 0 Å². The lowest BCUT2D eigenvalue weighted by atomic mass is 9.77. The van der Waals surface area contributed by atoms with Gasteiger partial charge < -0.3 is 5.32 Å². The minimum absolute atomic E-state index is 0.254. The van der Waals surface area contributed by atoms with E-state index in [1.54, 1.807) is 0 Å². The van der Waals surface area contributed by atoms with Crippen LogP contribution < -0.4 is 5.32 Å². The van der Waals surface area contributed by atoms with Gasteiger partial charge in [0.05, 0.1) is 0 Å². The Hall–Kier alpha value is -0.820. The summed E-state index contributed by atoms with van der Waals surface area (Å²) in [6, 6.07) is 9.61. The zero-order chi connectivity index (χ0) is 10.9. The number of hydrogen-bond donors (Lipinski definition) is 1. The Bertz CT molecular complexity index is 318. The van der Waals surface area contributed by atoms with E-state index in [2.05, 4.69) is 50.4 Å². The van der Waals surface area contributed by atoms with Gasteiger partial charge in [-0.25, -0.2) is 0 Å². The number of hydrogen-bond acceptors (Lipinski definition) is 1. The first kappa shape index (κ1) is 10.7. The third-order valence-electron chi connectivity index (χ3n) is 3.73. The quantitative estimate of drug-likeness (QED) is 0.779. The number of aryl methyl sites for hydroxylation is 1. The molecule has 0 spiro atoms. The standard InChI is InChI=1S/C14H21N/c1-11-6-8-12(9-7-11)14(2,3)13-5-4-10-15-13/h6-9,13,15H,4-5,10H2,1-3H3. The van der Waals surface area contributed by atoms with Crippen LogP contribution in [0.5, 0.6) is 0 Å². The summed E-state index contributed by atoms with van der Waals surface area (Å²) in [7, 11) is 0. The van der Waals surface area contributed by atoms with Gasteiger partial charge in [-0.3, -0.25) is 0 Å². The van der Waals surface area contributed by atoms with Crippen LogP contribution in [-0.2, 0) is 5.41 Å². The lowest BCUT2D eigenvalue weighted by Crippen LogP contribution is -2.40. The van der Waals surface area contributed by atoms with Crippen LogP contribution in [0.4, 0.5) is 0 Å². The van der Waals surface area contributed by atoms with Crippen LogP contribution in [0.25, 0.3) is 0 Å². The summed E-state index contributed by atoms with van der Waals surface area (Å²) in [5.74, 6) is 0. The lowest BCUT2D eigenvalue weighted by molar-refractivity contribution is 0.377. The van der Waals surface area contributed by atoms with Crippen LogP contribution in [0.2, 0.25) is 0 Å². The fourth-order valence-corrected chi connectivity index (χ4v) is 2.48. The first-order chi connectivity index (χ1) is 7.10. The second-order valence-corrected chi connectivity index (χ2v) is 5.24. The smallest absolute Gasteiger partial charge is 0.0159 e. The number of rotatable bonds is 2. The van der Waals surface area contributed by atoms with Crippen molar-refractivity contribution in [3.8, 4) is 0 Å². The van der Waals surface area contributed by atoms with Gasteiger partial charge in [0.1, 0.15) is 0 Å². The van der Waals surface area contributed by atoms with Crippen molar-refractivity contribution in [1.82, 2.24) is 5.32 Å². The fraction of sp³-hybridized carbons (Fsp3) is 0.571. The van der Waals surface area contributed by atoms with Gasteiger partial charge in [0.15, 0.2) is 0 Å². The molecule has 1 heterocycles. The Morgan fingerprint density at radius 1 is 1.20 bits per heavy atom. The lowest BCUT2D eigenvalue weighted by Gasteiger charge is -2.32. The molecule has 1 aliphatic heterocycles. The summed E-state index contributed by atoms with van der Waals surface area (Å²) in [6.07, 6.45) is 2.63. The second-order valence-electron chi connectivity index (χ2n) is 5.24. The molecule has 15 heavy (non-hydrogen) atoms. The highest BCUT2D eigenvalue weighted by Crippen LogP contribution is 2.31. The van der Waals surface area contributed by atoms with Crippen LogP contribution in [0.1, 0.15) is 37.8 Å². The average molecular weight is 203 g/mol. The summed E-state index contributed by atoms with van der Waals surface area (Å²) >= 11 is 0. The molecule has 1 aromatic rings. The van der Waals surface area contributed by atoms with Crippen molar-refractivity contribution >= 4 is 0 Å². The molecule has 82 valence electrons. The van der Waals surface area contributed by atoms with Gasteiger partial charge in [-0.2, -0.15) is 0 Å². The summed E-state index contributed by atoms with van der Waals surface area (Å²) in [5.41, 5.74) is 3.05. The first-order valence-corrected chi connectivity index (χ1v) is 5.91. The van der Waals surface area contributed by atoms with Gasteiger partial charge in [-0.1, -0.05) is 43.7 Å². The van der Waals surface area contributed by atoms with E-state index in [0.29, 0.717) is 6.04 Å². The van der Waals surface area contributed by atoms with E-state index in [0.717, 1.165) is 0 Å². The number of benzene rings is 1. The van der Waals surface area contributed by atoms with E-state index < -0.39 is 0 Å². The molecular formula is C14H21N. The van der Waals surface area contributed by atoms with Crippen LogP contribution in [0, 0.1) is 6.92 Å². The Kier molecular flexibility index (Phi) is 2.83. The van der Waals surface area contributed by atoms with Gasteiger partial charge in [-0.05, 0) is 31.9 Å². The molecule has 1 aliphatic rings. The Balaban J connectivity index is 2.23. The highest BCUT2D eigenvalue weighted by molar-refractivity contribution is 5.29. The van der Waals surface area contributed by atoms with E-state index >= 15 is 0 Å². The van der Waals surface area contributed by atoms with Crippen molar-refractivity contribution in [1.29, 1.82) is 0 Å². The maximum atomic E-state index is 3.61. The van der Waals surface area contributed by atoms with Crippen molar-refractivity contribution in [3.05, 3.63) is 35.4 Å². The SMILES string of the molecule is Cc1ccc(C(C)(C)C2CCCN2)cc1. The Morgan fingerprint density at radius 3 is 2.40 bits per heavy atom. The maximum absolute atomic E-state index is 3.61. The van der Waals surface area contributed by atoms with Crippen LogP contribution in [0.15, 0.2) is 24.3 Å². The van der Waals surface area contributed by atoms with Gasteiger partial charge >= 0.3 is 0 Å². The van der Waals surface area contributed by atoms with Crippen molar-refractivity contribution < 1.29 is 0 Å². The molecule has 1 nitrogen and oxygen atoms in total. The predicted molar refractivity (Wildman–Crippen MR) is 65.2 cm³/mol. The van der Waals surface area contributed by atoms with E-state index in [-0.39, 0.29) is 5.41 Å². The zero-order valence-corrected chi connectivity index (χ0v) is 10.0. The monoisotopic (exact) mass is 203 g/mol. The minimum atomic E-state index is 0.254. The molecule has 1 atom stereocenters. The van der Waals surface area contributed by atoms with E-state index in [9.17, 15) is 0 Å². The number of nitrogens with one attached hydrogen (secondary N) is 1. The molecule has 1 heteroatoms. The van der Waals surface area contributed by atoms with Gasteiger partial charge in [0.2, 0.25) is 0 Å². The molecule has 2 rings (SSSR count). The van der Waals surface area contributed by atoms with E-state index in [1.165, 1.54) is 30.5 Å². The molecule has 0 aliphatic carbocycles. The zero-order valence-electron chi connectivity index (χ0n) is 10.0. The molecule has 0 radical (unpaired) electrons. The van der Waals surface area contributed by atoms with Crippen molar-refractivity contribution in [2.45, 2.75) is 45.1 Å². The highest BCUT2D eigenvalue weighted by atomic mass is 15.0. The third-order valence-corrected chi connectivity index (χ3v) is 3.73. The van der Waals surface area contributed by atoms with Crippen molar-refractivity contribution in [2.75, 3.05) is 6.54 Å². The molecule has 1 N–H and O–H groups in total. The predicted octanol–water partition coefficient (Wildman–Crippen LogP) is 3.02. The minimum Gasteiger partial charge on any atom is -0.313 e. The van der Waals surface area contributed by atoms with Crippen molar-refractivity contribution in [2.24, 2.45) is 0 Å². The first-order valence-electron chi connectivity index (χ1n) is 5.91. The topological polar surface area (TPSA) is 12.0 Å². The summed E-state index contributed by atoms with van der Waals surface area (Å²) in [4.78, 5) is 0. The molecule has 1 fully saturated rings. The summed E-state index contributed by atoms with van der Waals surface area (Å²) < 4.78 is 0. The molecule has 1 saturated heterocycles. The normalized spacial score (nSPS) is 21.9. The molecule has 1 unspecified atom stereocenters. The second kappa shape index (κ2) is 3.97. The molecule has 0 amide bonds. The van der Waals surface area contributed by atoms with Crippen molar-refractivity contribution in [3.63, 3.8) is 0 Å². The molecular weight excluding hydrogens is 182 g/mol. The van der Waals surface area contributed by atoms with Gasteiger partial charge in [0, 0.05) is 11.5 Å². The summed E-state index contributed by atoms with van der Waals surface area (Å²) in [6.45, 7) is 8.02.